The smallest absolute Gasteiger partial charge is 0.317 e. The predicted molar refractivity (Wildman–Crippen MR) is 62.0 cm³/mol. The van der Waals surface area contributed by atoms with Gasteiger partial charge in [-0.25, -0.2) is 0 Å². The van der Waals surface area contributed by atoms with Gasteiger partial charge in [0.15, 0.2) is 17.3 Å². The van der Waals surface area contributed by atoms with Crippen LogP contribution in [0.1, 0.15) is 10.4 Å². The van der Waals surface area contributed by atoms with E-state index in [1.165, 1.54) is 4.90 Å². The summed E-state index contributed by atoms with van der Waals surface area (Å²) >= 11 is 0. The number of hydrogen-bond donors (Lipinski definition) is 1. The normalized spacial score (nSPS) is 12.8. The van der Waals surface area contributed by atoms with Crippen molar-refractivity contribution in [3.05, 3.63) is 23.8 Å². The largest absolute Gasteiger partial charge is 0.480 e. The topological polar surface area (TPSA) is 76.1 Å². The number of rotatable bonds is 5. The summed E-state index contributed by atoms with van der Waals surface area (Å²) < 4.78 is 10.3. The van der Waals surface area contributed by atoms with Crippen LogP contribution in [0.25, 0.3) is 0 Å². The molecule has 1 aliphatic heterocycles. The molecule has 0 aromatic heterocycles. The molecule has 0 saturated carbocycles. The summed E-state index contributed by atoms with van der Waals surface area (Å²) in [5.41, 5.74) is 0.483. The van der Waals surface area contributed by atoms with Gasteiger partial charge in [-0.3, -0.25) is 14.5 Å². The van der Waals surface area contributed by atoms with E-state index in [-0.39, 0.29) is 25.7 Å². The van der Waals surface area contributed by atoms with Gasteiger partial charge in [0.25, 0.3) is 0 Å². The van der Waals surface area contributed by atoms with Crippen LogP contribution in [0.15, 0.2) is 18.2 Å². The summed E-state index contributed by atoms with van der Waals surface area (Å²) in [6, 6.07) is 4.93. The molecule has 1 aromatic carbocycles. The lowest BCUT2D eigenvalue weighted by Gasteiger charge is -2.12. The fourth-order valence-electron chi connectivity index (χ4n) is 1.69. The van der Waals surface area contributed by atoms with E-state index >= 15 is 0 Å². The van der Waals surface area contributed by atoms with Gasteiger partial charge < -0.3 is 14.6 Å². The predicted octanol–water partition coefficient (Wildman–Crippen LogP) is 0.614. The van der Waals surface area contributed by atoms with Crippen LogP contribution < -0.4 is 9.47 Å². The van der Waals surface area contributed by atoms with Gasteiger partial charge >= 0.3 is 5.97 Å². The molecule has 0 atom stereocenters. The van der Waals surface area contributed by atoms with E-state index in [0.717, 1.165) is 0 Å². The Bertz CT molecular complexity index is 485. The zero-order valence-electron chi connectivity index (χ0n) is 9.88. The highest BCUT2D eigenvalue weighted by atomic mass is 16.7. The highest BCUT2D eigenvalue weighted by molar-refractivity contribution is 5.98. The number of Topliss-reactive ketones (excluding diaryl/α,β-unsaturated/α-hetero) is 1. The molecule has 0 amide bonds. The molecule has 96 valence electrons. The van der Waals surface area contributed by atoms with Crippen LogP contribution in [-0.4, -0.2) is 48.7 Å². The molecule has 1 aromatic rings. The molecule has 6 heteroatoms. The maximum absolute atomic E-state index is 11.9. The molecule has 0 bridgehead atoms. The SMILES string of the molecule is CN(CC(=O)O)CC(=O)c1ccc2c(c1)OCO2. The summed E-state index contributed by atoms with van der Waals surface area (Å²) in [6.45, 7) is 0.0358. The second-order valence-corrected chi connectivity index (χ2v) is 4.06. The summed E-state index contributed by atoms with van der Waals surface area (Å²) in [5.74, 6) is 0.0419. The highest BCUT2D eigenvalue weighted by Crippen LogP contribution is 2.32. The molecular weight excluding hydrogens is 238 g/mol. The third kappa shape index (κ3) is 2.78. The maximum Gasteiger partial charge on any atom is 0.317 e. The second kappa shape index (κ2) is 5.05. The van der Waals surface area contributed by atoms with Crippen LogP contribution in [0, 0.1) is 0 Å². The van der Waals surface area contributed by atoms with Crippen molar-refractivity contribution in [1.82, 2.24) is 4.90 Å². The van der Waals surface area contributed by atoms with Gasteiger partial charge in [-0.2, -0.15) is 0 Å². The Morgan fingerprint density at radius 3 is 2.72 bits per heavy atom. The standard InChI is InChI=1S/C12H13NO5/c1-13(6-12(15)16)5-9(14)8-2-3-10-11(4-8)18-7-17-10/h2-4H,5-7H2,1H3,(H,15,16). The van der Waals surface area contributed by atoms with E-state index in [1.807, 2.05) is 0 Å². The van der Waals surface area contributed by atoms with Crippen molar-refractivity contribution in [2.45, 2.75) is 0 Å². The average molecular weight is 251 g/mol. The molecule has 1 N–H and O–H groups in total. The lowest BCUT2D eigenvalue weighted by molar-refractivity contribution is -0.137. The second-order valence-electron chi connectivity index (χ2n) is 4.06. The number of likely N-dealkylation sites (N-methyl/N-ethyl adjacent to an activating group) is 1. The summed E-state index contributed by atoms with van der Waals surface area (Å²) in [5, 5.41) is 8.60. The molecule has 0 unspecified atom stereocenters. The van der Waals surface area contributed by atoms with E-state index in [0.29, 0.717) is 17.1 Å². The molecule has 6 nitrogen and oxygen atoms in total. The molecule has 18 heavy (non-hydrogen) atoms. The maximum atomic E-state index is 11.9. The summed E-state index contributed by atoms with van der Waals surface area (Å²) in [6.07, 6.45) is 0. The van der Waals surface area contributed by atoms with Crippen molar-refractivity contribution in [1.29, 1.82) is 0 Å². The zero-order valence-corrected chi connectivity index (χ0v) is 9.88. The number of hydrogen-bond acceptors (Lipinski definition) is 5. The molecule has 0 spiro atoms. The first-order valence-corrected chi connectivity index (χ1v) is 5.39. The number of fused-ring (bicyclic) bond motifs is 1. The highest BCUT2D eigenvalue weighted by Gasteiger charge is 2.17. The van der Waals surface area contributed by atoms with Gasteiger partial charge in [0, 0.05) is 5.56 Å². The first-order chi connectivity index (χ1) is 8.56. The van der Waals surface area contributed by atoms with E-state index in [9.17, 15) is 9.59 Å². The van der Waals surface area contributed by atoms with E-state index in [2.05, 4.69) is 0 Å². The van der Waals surface area contributed by atoms with Crippen molar-refractivity contribution in [3.8, 4) is 11.5 Å². The van der Waals surface area contributed by atoms with Crippen LogP contribution in [-0.2, 0) is 4.79 Å². The van der Waals surface area contributed by atoms with E-state index < -0.39 is 5.97 Å². The van der Waals surface area contributed by atoms with Gasteiger partial charge in [-0.15, -0.1) is 0 Å². The summed E-state index contributed by atoms with van der Waals surface area (Å²) in [4.78, 5) is 23.8. The Labute approximate surface area is 104 Å². The lowest BCUT2D eigenvalue weighted by atomic mass is 10.1. The van der Waals surface area contributed by atoms with Gasteiger partial charge in [0.2, 0.25) is 6.79 Å². The van der Waals surface area contributed by atoms with Gasteiger partial charge in [0.1, 0.15) is 0 Å². The fourth-order valence-corrected chi connectivity index (χ4v) is 1.69. The minimum absolute atomic E-state index is 0.0476. The van der Waals surface area contributed by atoms with E-state index in [4.69, 9.17) is 14.6 Å². The van der Waals surface area contributed by atoms with E-state index in [1.54, 1.807) is 25.2 Å². The number of ketones is 1. The molecular formula is C12H13NO5. The Kier molecular flexibility index (Phi) is 3.47. The van der Waals surface area contributed by atoms with Crippen molar-refractivity contribution < 1.29 is 24.2 Å². The Morgan fingerprint density at radius 1 is 1.28 bits per heavy atom. The Balaban J connectivity index is 2.03. The van der Waals surface area contributed by atoms with Crippen LogP contribution in [0.4, 0.5) is 0 Å². The molecule has 0 fully saturated rings. The lowest BCUT2D eigenvalue weighted by Crippen LogP contribution is -2.30. The third-order valence-corrected chi connectivity index (χ3v) is 2.51. The minimum Gasteiger partial charge on any atom is -0.480 e. The third-order valence-electron chi connectivity index (χ3n) is 2.51. The molecule has 2 rings (SSSR count). The quantitative estimate of drug-likeness (QED) is 0.773. The first-order valence-electron chi connectivity index (χ1n) is 5.39. The number of carboxylic acid groups (broad SMARTS) is 1. The Hall–Kier alpha value is -2.08. The van der Waals surface area contributed by atoms with Crippen molar-refractivity contribution in [2.75, 3.05) is 26.9 Å². The summed E-state index contributed by atoms with van der Waals surface area (Å²) in [7, 11) is 1.58. The fraction of sp³-hybridized carbons (Fsp3) is 0.333. The number of benzene rings is 1. The number of carbonyl (C=O) groups excluding carboxylic acids is 1. The molecule has 0 radical (unpaired) electrons. The number of aliphatic carboxylic acids is 1. The van der Waals surface area contributed by atoms with Crippen molar-refractivity contribution in [3.63, 3.8) is 0 Å². The Morgan fingerprint density at radius 2 is 2.00 bits per heavy atom. The van der Waals surface area contributed by atoms with Crippen LogP contribution in [0.2, 0.25) is 0 Å². The zero-order chi connectivity index (χ0) is 13.1. The number of nitrogens with zero attached hydrogens (tertiary/aromatic N) is 1. The molecule has 1 heterocycles. The van der Waals surface area contributed by atoms with Crippen LogP contribution in [0.5, 0.6) is 11.5 Å². The van der Waals surface area contributed by atoms with Crippen molar-refractivity contribution in [2.24, 2.45) is 0 Å². The van der Waals surface area contributed by atoms with Gasteiger partial charge in [0.05, 0.1) is 13.1 Å². The van der Waals surface area contributed by atoms with Gasteiger partial charge in [-0.1, -0.05) is 0 Å². The van der Waals surface area contributed by atoms with Crippen LogP contribution >= 0.6 is 0 Å². The monoisotopic (exact) mass is 251 g/mol. The number of ether oxygens (including phenoxy) is 2. The van der Waals surface area contributed by atoms with Crippen molar-refractivity contribution >= 4 is 11.8 Å². The average Bonchev–Trinajstić information content (AvgIpc) is 2.74. The first kappa shape index (κ1) is 12.4. The molecule has 1 aliphatic rings. The molecule has 0 saturated heterocycles. The minimum atomic E-state index is -0.962. The van der Waals surface area contributed by atoms with Crippen LogP contribution in [0.3, 0.4) is 0 Å². The number of carbonyl (C=O) groups is 2. The molecule has 0 aliphatic carbocycles. The van der Waals surface area contributed by atoms with Gasteiger partial charge in [-0.05, 0) is 25.2 Å². The number of carboxylic acids is 1.